The molecule has 7 heteroatoms. The van der Waals surface area contributed by atoms with Gasteiger partial charge in [0.15, 0.2) is 0 Å². The van der Waals surface area contributed by atoms with Crippen molar-refractivity contribution in [3.63, 3.8) is 0 Å². The lowest BCUT2D eigenvalue weighted by Crippen LogP contribution is -2.08. The summed E-state index contributed by atoms with van der Waals surface area (Å²) in [4.78, 5) is 4.55. The fourth-order valence-corrected chi connectivity index (χ4v) is 4.40. The molecule has 4 aromatic rings. The Balaban J connectivity index is 1.38. The predicted molar refractivity (Wildman–Crippen MR) is 135 cm³/mol. The van der Waals surface area contributed by atoms with Crippen molar-refractivity contribution in [3.8, 4) is 0 Å². The van der Waals surface area contributed by atoms with E-state index in [9.17, 15) is 17.6 Å². The van der Waals surface area contributed by atoms with Crippen molar-refractivity contribution in [1.82, 2.24) is 4.98 Å². The molecule has 0 aliphatic heterocycles. The minimum Gasteiger partial charge on any atom is -0.385 e. The van der Waals surface area contributed by atoms with Gasteiger partial charge in [-0.15, -0.1) is 0 Å². The zero-order valence-electron chi connectivity index (χ0n) is 20.5. The monoisotopic (exact) mass is 513 g/mol. The van der Waals surface area contributed by atoms with Gasteiger partial charge in [0.25, 0.3) is 0 Å². The zero-order valence-corrected chi connectivity index (χ0v) is 20.5. The Morgan fingerprint density at radius 3 is 2.19 bits per heavy atom. The van der Waals surface area contributed by atoms with Gasteiger partial charge in [0.2, 0.25) is 0 Å². The van der Waals surface area contributed by atoms with E-state index in [4.69, 9.17) is 4.74 Å². The lowest BCUT2D eigenvalue weighted by Gasteiger charge is -2.11. The van der Waals surface area contributed by atoms with Crippen molar-refractivity contribution in [2.24, 2.45) is 0 Å². The molecule has 0 saturated heterocycles. The average Bonchev–Trinajstić information content (AvgIpc) is 2.87. The molecule has 1 heterocycles. The van der Waals surface area contributed by atoms with E-state index in [2.05, 4.69) is 11.1 Å². The molecule has 0 N–H and O–H groups in total. The highest BCUT2D eigenvalue weighted by molar-refractivity contribution is 5.84. The van der Waals surface area contributed by atoms with E-state index < -0.39 is 17.6 Å². The second kappa shape index (κ2) is 11.8. The SMILES string of the molecule is COCCCc1ccc(CCc2ccc3c(F)c(CCc4ccc(C(F)(F)F)c(F)c4)ccc3c2)nc1. The van der Waals surface area contributed by atoms with Crippen LogP contribution in [0.5, 0.6) is 0 Å². The van der Waals surface area contributed by atoms with Gasteiger partial charge in [-0.3, -0.25) is 4.98 Å². The van der Waals surface area contributed by atoms with Crippen molar-refractivity contribution in [3.05, 3.63) is 112 Å². The van der Waals surface area contributed by atoms with E-state index in [0.717, 1.165) is 61.1 Å². The number of pyridine rings is 1. The van der Waals surface area contributed by atoms with E-state index in [0.29, 0.717) is 16.5 Å². The molecular weight excluding hydrogens is 485 g/mol. The number of alkyl halides is 3. The Kier molecular flexibility index (Phi) is 8.54. The van der Waals surface area contributed by atoms with Gasteiger partial charge in [-0.05, 0) is 84.4 Å². The minimum atomic E-state index is -4.74. The maximum Gasteiger partial charge on any atom is 0.419 e. The van der Waals surface area contributed by atoms with Gasteiger partial charge in [0, 0.05) is 31.0 Å². The highest BCUT2D eigenvalue weighted by Gasteiger charge is 2.33. The molecule has 0 unspecified atom stereocenters. The number of nitrogens with zero attached hydrogens (tertiary/aromatic N) is 1. The molecule has 37 heavy (non-hydrogen) atoms. The van der Waals surface area contributed by atoms with Gasteiger partial charge in [-0.2, -0.15) is 13.2 Å². The third-order valence-electron chi connectivity index (χ3n) is 6.49. The summed E-state index contributed by atoms with van der Waals surface area (Å²) in [5.74, 6) is -1.67. The van der Waals surface area contributed by atoms with Crippen LogP contribution in [0.1, 0.15) is 39.9 Å². The first-order valence-corrected chi connectivity index (χ1v) is 12.2. The quantitative estimate of drug-likeness (QED) is 0.160. The number of fused-ring (bicyclic) bond motifs is 1. The summed E-state index contributed by atoms with van der Waals surface area (Å²) in [6.07, 6.45) is 1.08. The summed E-state index contributed by atoms with van der Waals surface area (Å²) in [5, 5.41) is 1.26. The first kappa shape index (κ1) is 26.7. The lowest BCUT2D eigenvalue weighted by molar-refractivity contribution is -0.140. The number of benzene rings is 3. The molecular formula is C30H28F5NO. The topological polar surface area (TPSA) is 22.1 Å². The molecule has 194 valence electrons. The van der Waals surface area contributed by atoms with Crippen molar-refractivity contribution in [1.29, 1.82) is 0 Å². The van der Waals surface area contributed by atoms with Crippen LogP contribution in [0.15, 0.2) is 66.9 Å². The summed E-state index contributed by atoms with van der Waals surface area (Å²) < 4.78 is 72.4. The number of halogens is 5. The molecule has 0 aliphatic rings. The van der Waals surface area contributed by atoms with Gasteiger partial charge in [-0.25, -0.2) is 8.78 Å². The summed E-state index contributed by atoms with van der Waals surface area (Å²) >= 11 is 0. The van der Waals surface area contributed by atoms with Gasteiger partial charge in [0.05, 0.1) is 5.56 Å². The van der Waals surface area contributed by atoms with Gasteiger partial charge >= 0.3 is 6.18 Å². The lowest BCUT2D eigenvalue weighted by atomic mass is 9.97. The number of aryl methyl sites for hydroxylation is 5. The number of rotatable bonds is 10. The van der Waals surface area contributed by atoms with Crippen molar-refractivity contribution < 1.29 is 26.7 Å². The Hall–Kier alpha value is -3.32. The van der Waals surface area contributed by atoms with Crippen molar-refractivity contribution in [2.75, 3.05) is 13.7 Å². The fourth-order valence-electron chi connectivity index (χ4n) is 4.40. The minimum absolute atomic E-state index is 0.230. The highest BCUT2D eigenvalue weighted by Crippen LogP contribution is 2.32. The summed E-state index contributed by atoms with van der Waals surface area (Å²) in [6.45, 7) is 0.727. The Labute approximate surface area is 213 Å². The van der Waals surface area contributed by atoms with Crippen molar-refractivity contribution in [2.45, 2.75) is 44.7 Å². The van der Waals surface area contributed by atoms with Crippen LogP contribution in [0.4, 0.5) is 22.0 Å². The molecule has 0 saturated carbocycles. The number of methoxy groups -OCH3 is 1. The highest BCUT2D eigenvalue weighted by atomic mass is 19.4. The maximum absolute atomic E-state index is 15.2. The third kappa shape index (κ3) is 6.92. The van der Waals surface area contributed by atoms with Crippen molar-refractivity contribution >= 4 is 10.8 Å². The van der Waals surface area contributed by atoms with E-state index in [-0.39, 0.29) is 18.7 Å². The smallest absolute Gasteiger partial charge is 0.385 e. The number of aromatic nitrogens is 1. The van der Waals surface area contributed by atoms with Crippen LogP contribution >= 0.6 is 0 Å². The molecule has 0 aliphatic carbocycles. The van der Waals surface area contributed by atoms with E-state index in [1.165, 1.54) is 11.6 Å². The van der Waals surface area contributed by atoms with Gasteiger partial charge in [0.1, 0.15) is 11.6 Å². The number of hydrogen-bond acceptors (Lipinski definition) is 2. The standard InChI is InChI=1S/C30H28F5NO/c1-37-16-2-3-22-6-13-25(36-19-22)12-5-20-7-14-26-24(17-20)11-10-23(29(26)32)9-4-21-8-15-27(28(31)18-21)30(33,34)35/h6-8,10-11,13-15,17-19H,2-5,9,12,16H2,1H3. The summed E-state index contributed by atoms with van der Waals surface area (Å²) in [6, 6.07) is 16.1. The number of ether oxygens (including phenoxy) is 1. The fraction of sp³-hybridized carbons (Fsp3) is 0.300. The molecule has 4 rings (SSSR count). The molecule has 0 amide bonds. The van der Waals surface area contributed by atoms with Gasteiger partial charge < -0.3 is 4.74 Å². The van der Waals surface area contributed by atoms with Crippen LogP contribution in [0.3, 0.4) is 0 Å². The Bertz CT molecular complexity index is 1350. The second-order valence-electron chi connectivity index (χ2n) is 9.16. The maximum atomic E-state index is 15.2. The molecule has 2 nitrogen and oxygen atoms in total. The van der Waals surface area contributed by atoms with Gasteiger partial charge in [-0.1, -0.05) is 42.5 Å². The van der Waals surface area contributed by atoms with Crippen LogP contribution in [-0.4, -0.2) is 18.7 Å². The van der Waals surface area contributed by atoms with E-state index >= 15 is 4.39 Å². The molecule has 1 aromatic heterocycles. The largest absolute Gasteiger partial charge is 0.419 e. The Morgan fingerprint density at radius 2 is 1.49 bits per heavy atom. The first-order valence-electron chi connectivity index (χ1n) is 12.2. The van der Waals surface area contributed by atoms with E-state index in [1.54, 1.807) is 19.2 Å². The molecule has 3 aromatic carbocycles. The summed E-state index contributed by atoms with van der Waals surface area (Å²) in [7, 11) is 1.69. The van der Waals surface area contributed by atoms with E-state index in [1.807, 2.05) is 30.5 Å². The van der Waals surface area contributed by atoms with Crippen LogP contribution in [-0.2, 0) is 43.0 Å². The average molecular weight is 514 g/mol. The predicted octanol–water partition coefficient (Wildman–Crippen LogP) is 7.68. The van der Waals surface area contributed by atoms with Crippen LogP contribution in [0.25, 0.3) is 10.8 Å². The first-order chi connectivity index (χ1) is 17.7. The molecule has 0 bridgehead atoms. The van der Waals surface area contributed by atoms with Crippen LogP contribution in [0.2, 0.25) is 0 Å². The normalized spacial score (nSPS) is 11.8. The number of hydrogen-bond donors (Lipinski definition) is 0. The molecule has 0 fully saturated rings. The molecule has 0 radical (unpaired) electrons. The third-order valence-corrected chi connectivity index (χ3v) is 6.49. The Morgan fingerprint density at radius 1 is 0.757 bits per heavy atom. The van der Waals surface area contributed by atoms with Crippen LogP contribution < -0.4 is 0 Å². The van der Waals surface area contributed by atoms with Crippen LogP contribution in [0, 0.1) is 11.6 Å². The molecule has 0 spiro atoms. The zero-order chi connectivity index (χ0) is 26.4. The second-order valence-corrected chi connectivity index (χ2v) is 9.16. The summed E-state index contributed by atoms with van der Waals surface area (Å²) in [5.41, 5.74) is 2.78. The molecule has 0 atom stereocenters.